The smallest absolute Gasteiger partial charge is 0.226 e. The fraction of sp³-hybridized carbons (Fsp3) is 0.286. The van der Waals surface area contributed by atoms with Crippen LogP contribution in [0.5, 0.6) is 0 Å². The lowest BCUT2D eigenvalue weighted by atomic mass is 9.58. The summed E-state index contributed by atoms with van der Waals surface area (Å²) in [7, 11) is 0. The summed E-state index contributed by atoms with van der Waals surface area (Å²) in [5.74, 6) is -1.06. The Hall–Kier alpha value is -2.98. The van der Waals surface area contributed by atoms with Crippen LogP contribution >= 0.6 is 11.6 Å². The third kappa shape index (κ3) is 2.63. The van der Waals surface area contributed by atoms with Gasteiger partial charge in [-0.25, -0.2) is 18.7 Å². The molecule has 5 nitrogen and oxygen atoms in total. The van der Waals surface area contributed by atoms with Crippen molar-refractivity contribution in [3.63, 3.8) is 0 Å². The van der Waals surface area contributed by atoms with Crippen molar-refractivity contribution in [1.29, 1.82) is 5.26 Å². The minimum atomic E-state index is -0.674. The zero-order valence-electron chi connectivity index (χ0n) is 15.2. The minimum absolute atomic E-state index is 0.0472. The quantitative estimate of drug-likeness (QED) is 0.613. The molecule has 0 unspecified atom stereocenters. The topological polar surface area (TPSA) is 75.3 Å². The first-order valence-electron chi connectivity index (χ1n) is 9.29. The highest BCUT2D eigenvalue weighted by Gasteiger charge is 2.49. The van der Waals surface area contributed by atoms with Gasteiger partial charge in [0.2, 0.25) is 5.82 Å². The molecule has 6 rings (SSSR count). The molecule has 2 heterocycles. The second-order valence-electron chi connectivity index (χ2n) is 7.49. The van der Waals surface area contributed by atoms with E-state index in [0.717, 1.165) is 36.9 Å². The molecule has 29 heavy (non-hydrogen) atoms. The highest BCUT2D eigenvalue weighted by atomic mass is 35.5. The Morgan fingerprint density at radius 3 is 2.52 bits per heavy atom. The van der Waals surface area contributed by atoms with Gasteiger partial charge in [-0.2, -0.15) is 10.4 Å². The Labute approximate surface area is 170 Å². The fourth-order valence-corrected chi connectivity index (χ4v) is 4.99. The van der Waals surface area contributed by atoms with Crippen molar-refractivity contribution in [2.45, 2.75) is 37.0 Å². The van der Waals surface area contributed by atoms with E-state index >= 15 is 0 Å². The summed E-state index contributed by atoms with van der Waals surface area (Å²) >= 11 is 6.43. The van der Waals surface area contributed by atoms with Gasteiger partial charge in [0, 0.05) is 0 Å². The van der Waals surface area contributed by atoms with Gasteiger partial charge in [0.15, 0.2) is 0 Å². The van der Waals surface area contributed by atoms with Gasteiger partial charge in [-0.3, -0.25) is 0 Å². The molecule has 0 aliphatic heterocycles. The lowest BCUT2D eigenvalue weighted by Crippen LogP contribution is -2.41. The molecule has 0 amide bonds. The molecule has 2 aromatic heterocycles. The Bertz CT molecular complexity index is 1160. The highest BCUT2D eigenvalue weighted by Crippen LogP contribution is 2.56. The van der Waals surface area contributed by atoms with E-state index in [2.05, 4.69) is 20.2 Å². The summed E-state index contributed by atoms with van der Waals surface area (Å²) in [5.41, 5.74) is 1.64. The molecule has 0 radical (unpaired) electrons. The van der Waals surface area contributed by atoms with Crippen molar-refractivity contribution in [1.82, 2.24) is 20.2 Å². The number of nitriles is 1. The number of hydrogen-bond acceptors (Lipinski definition) is 5. The average Bonchev–Trinajstić information content (AvgIpc) is 2.74. The molecule has 3 aliphatic carbocycles. The fourth-order valence-electron chi connectivity index (χ4n) is 4.72. The van der Waals surface area contributed by atoms with Crippen molar-refractivity contribution in [3.05, 3.63) is 69.9 Å². The largest absolute Gasteiger partial charge is 0.232 e. The van der Waals surface area contributed by atoms with E-state index in [1.165, 1.54) is 24.4 Å². The van der Waals surface area contributed by atoms with Crippen molar-refractivity contribution in [2.24, 2.45) is 0 Å². The number of nitrogens with zero attached hydrogens (tertiary/aromatic N) is 5. The standard InChI is InChI=1S/C21H14ClF2N5/c22-13-10-26-17(9-25)27-20(13)21-6-4-11(5-7-21)12-8-16(28-29-19(12)21)18-14(23)2-1-3-15(18)24/h1-3,8,10-11H,4-7H2. The zero-order valence-corrected chi connectivity index (χ0v) is 15.9. The number of aromatic nitrogens is 4. The molecule has 0 saturated heterocycles. The molecule has 144 valence electrons. The Morgan fingerprint density at radius 1 is 1.10 bits per heavy atom. The van der Waals surface area contributed by atoms with E-state index in [0.29, 0.717) is 10.7 Å². The summed E-state index contributed by atoms with van der Waals surface area (Å²) < 4.78 is 28.5. The van der Waals surface area contributed by atoms with Crippen LogP contribution in [-0.4, -0.2) is 20.2 Å². The van der Waals surface area contributed by atoms with Crippen LogP contribution in [0.3, 0.4) is 0 Å². The van der Waals surface area contributed by atoms with Crippen LogP contribution in [0.1, 0.15) is 54.4 Å². The predicted octanol–water partition coefficient (Wildman–Crippen LogP) is 4.69. The Balaban J connectivity index is 1.71. The first-order chi connectivity index (χ1) is 14.0. The molecule has 3 aliphatic rings. The minimum Gasteiger partial charge on any atom is -0.226 e. The first kappa shape index (κ1) is 18.1. The van der Waals surface area contributed by atoms with E-state index in [1.54, 1.807) is 6.07 Å². The second-order valence-corrected chi connectivity index (χ2v) is 7.90. The van der Waals surface area contributed by atoms with Crippen molar-refractivity contribution in [2.75, 3.05) is 0 Å². The van der Waals surface area contributed by atoms with Crippen LogP contribution in [0.25, 0.3) is 11.3 Å². The molecule has 1 aromatic carbocycles. The Morgan fingerprint density at radius 2 is 1.83 bits per heavy atom. The van der Waals surface area contributed by atoms with Crippen LogP contribution in [-0.2, 0) is 5.41 Å². The summed E-state index contributed by atoms with van der Waals surface area (Å²) in [5, 5.41) is 18.2. The number of fused-ring (bicyclic) bond motifs is 2. The van der Waals surface area contributed by atoms with Gasteiger partial charge in [0.25, 0.3) is 0 Å². The van der Waals surface area contributed by atoms with E-state index in [1.807, 2.05) is 6.07 Å². The summed E-state index contributed by atoms with van der Waals surface area (Å²) in [6.45, 7) is 0. The number of hydrogen-bond donors (Lipinski definition) is 0. The van der Waals surface area contributed by atoms with Gasteiger partial charge >= 0.3 is 0 Å². The monoisotopic (exact) mass is 409 g/mol. The van der Waals surface area contributed by atoms with E-state index in [4.69, 9.17) is 11.6 Å². The van der Waals surface area contributed by atoms with Gasteiger partial charge in [-0.1, -0.05) is 17.7 Å². The molecule has 0 spiro atoms. The maximum Gasteiger partial charge on any atom is 0.232 e. The van der Waals surface area contributed by atoms with E-state index in [9.17, 15) is 14.0 Å². The summed E-state index contributed by atoms with van der Waals surface area (Å²) in [4.78, 5) is 8.33. The maximum absolute atomic E-state index is 14.3. The Kier molecular flexibility index (Phi) is 4.07. The predicted molar refractivity (Wildman–Crippen MR) is 101 cm³/mol. The molecule has 2 bridgehead atoms. The number of halogens is 3. The zero-order chi connectivity index (χ0) is 20.2. The summed E-state index contributed by atoms with van der Waals surface area (Å²) in [6.07, 6.45) is 4.73. The normalized spacial score (nSPS) is 22.2. The third-order valence-corrected chi connectivity index (χ3v) is 6.35. The number of benzene rings is 1. The van der Waals surface area contributed by atoms with E-state index in [-0.39, 0.29) is 23.0 Å². The molecule has 0 N–H and O–H groups in total. The van der Waals surface area contributed by atoms with Crippen LogP contribution in [0.4, 0.5) is 8.78 Å². The highest BCUT2D eigenvalue weighted by molar-refractivity contribution is 6.31. The number of rotatable bonds is 2. The van der Waals surface area contributed by atoms with Crippen LogP contribution < -0.4 is 0 Å². The SMILES string of the molecule is N#Cc1ncc(Cl)c(C23CCC(CC2)c2cc(-c4c(F)cccc4F)nnc23)n1. The van der Waals surface area contributed by atoms with Crippen molar-refractivity contribution < 1.29 is 8.78 Å². The van der Waals surface area contributed by atoms with Gasteiger partial charge in [-0.15, -0.1) is 5.10 Å². The van der Waals surface area contributed by atoms with Crippen molar-refractivity contribution in [3.8, 4) is 17.3 Å². The van der Waals surface area contributed by atoms with Crippen LogP contribution in [0, 0.1) is 23.0 Å². The van der Waals surface area contributed by atoms with Gasteiger partial charge < -0.3 is 0 Å². The van der Waals surface area contributed by atoms with Crippen molar-refractivity contribution >= 4 is 11.6 Å². The maximum atomic E-state index is 14.3. The molecule has 1 saturated carbocycles. The lowest BCUT2D eigenvalue weighted by Gasteiger charge is -2.46. The van der Waals surface area contributed by atoms with Gasteiger partial charge in [0.1, 0.15) is 17.7 Å². The summed E-state index contributed by atoms with van der Waals surface area (Å²) in [6, 6.07) is 7.42. The molecular formula is C21H14ClF2N5. The lowest BCUT2D eigenvalue weighted by molar-refractivity contribution is 0.263. The molecular weight excluding hydrogens is 396 g/mol. The van der Waals surface area contributed by atoms with Gasteiger partial charge in [0.05, 0.1) is 39.3 Å². The molecule has 0 atom stereocenters. The molecule has 8 heteroatoms. The van der Waals surface area contributed by atoms with E-state index < -0.39 is 17.0 Å². The van der Waals surface area contributed by atoms with Gasteiger partial charge in [-0.05, 0) is 55.4 Å². The van der Waals surface area contributed by atoms with Crippen LogP contribution in [0.15, 0.2) is 30.5 Å². The average molecular weight is 410 g/mol. The van der Waals surface area contributed by atoms with Crippen LogP contribution in [0.2, 0.25) is 5.02 Å². The molecule has 3 aromatic rings. The molecule has 1 fully saturated rings. The first-order valence-corrected chi connectivity index (χ1v) is 9.67. The second kappa shape index (κ2) is 6.53. The third-order valence-electron chi connectivity index (χ3n) is 6.07.